The number of rotatable bonds is 8. The second-order valence-electron chi connectivity index (χ2n) is 6.43. The first-order valence-corrected chi connectivity index (χ1v) is 9.33. The van der Waals surface area contributed by atoms with E-state index in [9.17, 15) is 4.79 Å². The lowest BCUT2D eigenvalue weighted by molar-refractivity contribution is 0.0979. The van der Waals surface area contributed by atoms with Crippen molar-refractivity contribution in [1.29, 1.82) is 0 Å². The minimum absolute atomic E-state index is 0.232. The van der Waals surface area contributed by atoms with Gasteiger partial charge in [-0.15, -0.1) is 0 Å². The van der Waals surface area contributed by atoms with Crippen LogP contribution in [0, 0.1) is 0 Å². The van der Waals surface area contributed by atoms with Crippen LogP contribution in [0.4, 0.5) is 17.1 Å². The Morgan fingerprint density at radius 1 is 0.692 bits per heavy atom. The van der Waals surface area contributed by atoms with Crippen LogP contribution >= 0.6 is 0 Å². The molecule has 132 valence electrons. The van der Waals surface area contributed by atoms with Crippen LogP contribution in [-0.2, 0) is 0 Å². The summed E-state index contributed by atoms with van der Waals surface area (Å²) in [7, 11) is 0. The van der Waals surface area contributed by atoms with Crippen molar-refractivity contribution in [2.75, 3.05) is 4.90 Å². The first-order valence-electron chi connectivity index (χ1n) is 9.33. The van der Waals surface area contributed by atoms with Gasteiger partial charge in [0.05, 0.1) is 0 Å². The highest BCUT2D eigenvalue weighted by atomic mass is 16.1. The van der Waals surface area contributed by atoms with Gasteiger partial charge in [-0.1, -0.05) is 56.2 Å². The van der Waals surface area contributed by atoms with Gasteiger partial charge >= 0.3 is 0 Å². The largest absolute Gasteiger partial charge is 0.311 e. The fourth-order valence-electron chi connectivity index (χ4n) is 3.08. The van der Waals surface area contributed by atoms with Crippen LogP contribution in [0.1, 0.15) is 43.0 Å². The van der Waals surface area contributed by atoms with Gasteiger partial charge in [0, 0.05) is 29.0 Å². The summed E-state index contributed by atoms with van der Waals surface area (Å²) >= 11 is 0. The van der Waals surface area contributed by atoms with Gasteiger partial charge in [-0.05, 0) is 55.0 Å². The maximum absolute atomic E-state index is 12.3. The van der Waals surface area contributed by atoms with Gasteiger partial charge in [0.2, 0.25) is 0 Å². The van der Waals surface area contributed by atoms with Crippen LogP contribution in [0.15, 0.2) is 84.9 Å². The molecule has 3 aromatic carbocycles. The number of carbonyl (C=O) groups is 1. The number of hydrogen-bond acceptors (Lipinski definition) is 2. The molecule has 0 fully saturated rings. The quantitative estimate of drug-likeness (QED) is 0.327. The summed E-state index contributed by atoms with van der Waals surface area (Å²) in [6, 6.07) is 28.5. The third-order valence-corrected chi connectivity index (χ3v) is 4.48. The second kappa shape index (κ2) is 9.00. The molecular weight excluding hydrogens is 318 g/mol. The van der Waals surface area contributed by atoms with Crippen molar-refractivity contribution in [3.05, 3.63) is 90.5 Å². The molecule has 2 heteroatoms. The summed E-state index contributed by atoms with van der Waals surface area (Å²) in [6.45, 7) is 2.15. The number of anilines is 3. The fourth-order valence-corrected chi connectivity index (χ4v) is 3.08. The molecule has 0 bridgehead atoms. The summed E-state index contributed by atoms with van der Waals surface area (Å²) in [6.07, 6.45) is 3.85. The average molecular weight is 343 g/mol. The molecule has 3 aromatic rings. The molecule has 0 heterocycles. The molecule has 0 aromatic heterocycles. The Morgan fingerprint density at radius 2 is 1.19 bits per heavy atom. The summed E-state index contributed by atoms with van der Waals surface area (Å²) in [4.78, 5) is 14.5. The van der Waals surface area contributed by atoms with E-state index in [1.807, 2.05) is 60.7 Å². The van der Waals surface area contributed by atoms with Gasteiger partial charge in [0.25, 0.3) is 0 Å². The van der Waals surface area contributed by atoms with Crippen LogP contribution in [0.2, 0.25) is 0 Å². The average Bonchev–Trinajstić information content (AvgIpc) is 2.70. The molecule has 0 aliphatic carbocycles. The molecule has 0 aliphatic rings. The maximum atomic E-state index is 12.3. The molecule has 0 saturated heterocycles. The number of carbonyl (C=O) groups excluding carboxylic acids is 1. The van der Waals surface area contributed by atoms with Gasteiger partial charge in [-0.2, -0.15) is 0 Å². The molecule has 0 amide bonds. The molecule has 2 nitrogen and oxygen atoms in total. The third-order valence-electron chi connectivity index (χ3n) is 4.48. The Bertz CT molecular complexity index is 770. The van der Waals surface area contributed by atoms with Gasteiger partial charge < -0.3 is 4.90 Å². The van der Waals surface area contributed by atoms with Crippen LogP contribution in [0.3, 0.4) is 0 Å². The topological polar surface area (TPSA) is 20.3 Å². The van der Waals surface area contributed by atoms with Crippen molar-refractivity contribution in [3.63, 3.8) is 0 Å². The first kappa shape index (κ1) is 17.9. The van der Waals surface area contributed by atoms with Gasteiger partial charge in [0.15, 0.2) is 5.78 Å². The molecule has 0 radical (unpaired) electrons. The van der Waals surface area contributed by atoms with Crippen molar-refractivity contribution in [2.24, 2.45) is 0 Å². The van der Waals surface area contributed by atoms with Crippen molar-refractivity contribution < 1.29 is 4.79 Å². The SMILES string of the molecule is CCCCCC(=O)c1ccc(N(c2ccccc2)c2ccccc2)cc1. The molecular formula is C24H25NO. The zero-order valence-corrected chi connectivity index (χ0v) is 15.3. The van der Waals surface area contributed by atoms with E-state index in [2.05, 4.69) is 36.1 Å². The van der Waals surface area contributed by atoms with Crippen molar-refractivity contribution in [2.45, 2.75) is 32.6 Å². The molecule has 0 unspecified atom stereocenters. The highest BCUT2D eigenvalue weighted by Gasteiger charge is 2.12. The predicted octanol–water partition coefficient (Wildman–Crippen LogP) is 6.92. The smallest absolute Gasteiger partial charge is 0.162 e. The van der Waals surface area contributed by atoms with Crippen molar-refractivity contribution >= 4 is 22.8 Å². The lowest BCUT2D eigenvalue weighted by atomic mass is 10.0. The van der Waals surface area contributed by atoms with Crippen LogP contribution in [0.5, 0.6) is 0 Å². The number of nitrogens with zero attached hydrogens (tertiary/aromatic N) is 1. The highest BCUT2D eigenvalue weighted by Crippen LogP contribution is 2.34. The van der Waals surface area contributed by atoms with Gasteiger partial charge in [-0.25, -0.2) is 0 Å². The number of Topliss-reactive ketones (excluding diaryl/α,β-unsaturated/α-hetero) is 1. The van der Waals surface area contributed by atoms with E-state index in [0.29, 0.717) is 6.42 Å². The van der Waals surface area contributed by atoms with Crippen LogP contribution in [0.25, 0.3) is 0 Å². The Balaban J connectivity index is 1.87. The fraction of sp³-hybridized carbons (Fsp3) is 0.208. The van der Waals surface area contributed by atoms with Crippen LogP contribution in [-0.4, -0.2) is 5.78 Å². The molecule has 3 rings (SSSR count). The highest BCUT2D eigenvalue weighted by molar-refractivity contribution is 5.96. The summed E-state index contributed by atoms with van der Waals surface area (Å²) in [5, 5.41) is 0. The first-order chi connectivity index (χ1) is 12.8. The number of benzene rings is 3. The molecule has 26 heavy (non-hydrogen) atoms. The monoisotopic (exact) mass is 343 g/mol. The number of ketones is 1. The minimum atomic E-state index is 0.232. The van der Waals surface area contributed by atoms with E-state index in [-0.39, 0.29) is 5.78 Å². The predicted molar refractivity (Wildman–Crippen MR) is 110 cm³/mol. The Morgan fingerprint density at radius 3 is 1.69 bits per heavy atom. The molecule has 0 saturated carbocycles. The standard InChI is InChI=1S/C24H25NO/c1-2-3-6-15-24(26)20-16-18-23(19-17-20)25(21-11-7-4-8-12-21)22-13-9-5-10-14-22/h4-5,7-14,16-19H,2-3,6,15H2,1H3. The Hall–Kier alpha value is -2.87. The van der Waals surface area contributed by atoms with E-state index >= 15 is 0 Å². The van der Waals surface area contributed by atoms with Crippen LogP contribution < -0.4 is 4.90 Å². The van der Waals surface area contributed by atoms with E-state index in [1.165, 1.54) is 0 Å². The number of unbranched alkanes of at least 4 members (excludes halogenated alkanes) is 2. The van der Waals surface area contributed by atoms with E-state index in [4.69, 9.17) is 0 Å². The van der Waals surface area contributed by atoms with Crippen molar-refractivity contribution in [3.8, 4) is 0 Å². The van der Waals surface area contributed by atoms with Gasteiger partial charge in [-0.3, -0.25) is 4.79 Å². The molecule has 0 atom stereocenters. The maximum Gasteiger partial charge on any atom is 0.162 e. The lowest BCUT2D eigenvalue weighted by Crippen LogP contribution is -2.10. The normalized spacial score (nSPS) is 10.5. The van der Waals surface area contributed by atoms with Gasteiger partial charge in [0.1, 0.15) is 0 Å². The molecule has 0 N–H and O–H groups in total. The van der Waals surface area contributed by atoms with E-state index in [1.54, 1.807) is 0 Å². The van der Waals surface area contributed by atoms with Crippen molar-refractivity contribution in [1.82, 2.24) is 0 Å². The van der Waals surface area contributed by atoms with E-state index in [0.717, 1.165) is 41.9 Å². The Labute approximate surface area is 156 Å². The Kier molecular flexibility index (Phi) is 6.21. The zero-order chi connectivity index (χ0) is 18.2. The molecule has 0 aliphatic heterocycles. The second-order valence-corrected chi connectivity index (χ2v) is 6.43. The lowest BCUT2D eigenvalue weighted by Gasteiger charge is -2.25. The number of para-hydroxylation sites is 2. The zero-order valence-electron chi connectivity index (χ0n) is 15.3. The summed E-state index contributed by atoms with van der Waals surface area (Å²) in [5.74, 6) is 0.232. The number of hydrogen-bond donors (Lipinski definition) is 0. The molecule has 0 spiro atoms. The minimum Gasteiger partial charge on any atom is -0.311 e. The third kappa shape index (κ3) is 4.40. The summed E-state index contributed by atoms with van der Waals surface area (Å²) in [5.41, 5.74) is 4.04. The summed E-state index contributed by atoms with van der Waals surface area (Å²) < 4.78 is 0. The van der Waals surface area contributed by atoms with E-state index < -0.39 is 0 Å².